The van der Waals surface area contributed by atoms with Crippen LogP contribution >= 0.6 is 0 Å². The average molecular weight is 509 g/mol. The molecule has 0 radical (unpaired) electrons. The Balaban J connectivity index is 1.54. The lowest BCUT2D eigenvalue weighted by Gasteiger charge is -2.21. The second kappa shape index (κ2) is 8.08. The molecule has 2 heteroatoms. The molecule has 2 nitrogen and oxygen atoms in total. The van der Waals surface area contributed by atoms with E-state index in [4.69, 9.17) is 0 Å². The van der Waals surface area contributed by atoms with Crippen LogP contribution in [-0.2, 0) is 0 Å². The first-order valence-electron chi connectivity index (χ1n) is 13.8. The van der Waals surface area contributed by atoms with E-state index in [1.807, 2.05) is 0 Å². The van der Waals surface area contributed by atoms with Gasteiger partial charge in [0.05, 0.1) is 33.4 Å². The van der Waals surface area contributed by atoms with Gasteiger partial charge in [0.2, 0.25) is 0 Å². The molecule has 2 heterocycles. The summed E-state index contributed by atoms with van der Waals surface area (Å²) in [6.45, 7) is 0. The highest BCUT2D eigenvalue weighted by Crippen LogP contribution is 2.44. The van der Waals surface area contributed by atoms with Crippen LogP contribution in [0, 0.1) is 0 Å². The third-order valence-electron chi connectivity index (χ3n) is 8.48. The van der Waals surface area contributed by atoms with E-state index in [-0.39, 0.29) is 0 Å². The number of fused-ring (bicyclic) bond motifs is 8. The Hall–Kier alpha value is -5.34. The molecule has 0 N–H and O–H groups in total. The van der Waals surface area contributed by atoms with Crippen molar-refractivity contribution in [2.45, 2.75) is 0 Å². The minimum Gasteiger partial charge on any atom is -0.308 e. The van der Waals surface area contributed by atoms with Crippen molar-refractivity contribution in [1.29, 1.82) is 0 Å². The Morgan fingerprint density at radius 1 is 0.225 bits per heavy atom. The lowest BCUT2D eigenvalue weighted by molar-refractivity contribution is 1.19. The SMILES string of the molecule is c1ccc2c(-n3c4ccccc4c4ccccc43)c3ccccc3c(-n3c4ccccc4c4ccccc43)c2c1. The lowest BCUT2D eigenvalue weighted by Crippen LogP contribution is -2.02. The van der Waals surface area contributed by atoms with Crippen LogP contribution in [0.5, 0.6) is 0 Å². The molecule has 0 aliphatic heterocycles. The van der Waals surface area contributed by atoms with Gasteiger partial charge in [-0.05, 0) is 24.3 Å². The molecule has 0 amide bonds. The maximum atomic E-state index is 2.48. The highest BCUT2D eigenvalue weighted by atomic mass is 15.0. The molecule has 0 bridgehead atoms. The Kier molecular flexibility index (Phi) is 4.36. The summed E-state index contributed by atoms with van der Waals surface area (Å²) in [7, 11) is 0. The number of rotatable bonds is 2. The molecule has 0 unspecified atom stereocenters. The Bertz CT molecular complexity index is 2100. The monoisotopic (exact) mass is 508 g/mol. The molecular formula is C38H24N2. The predicted molar refractivity (Wildman–Crippen MR) is 170 cm³/mol. The van der Waals surface area contributed by atoms with Crippen LogP contribution < -0.4 is 0 Å². The van der Waals surface area contributed by atoms with Crippen molar-refractivity contribution in [3.8, 4) is 11.4 Å². The third-order valence-corrected chi connectivity index (χ3v) is 8.48. The molecule has 7 aromatic carbocycles. The third kappa shape index (κ3) is 2.77. The normalized spacial score (nSPS) is 12.0. The summed E-state index contributed by atoms with van der Waals surface area (Å²) in [4.78, 5) is 0. The highest BCUT2D eigenvalue weighted by Gasteiger charge is 2.22. The molecule has 0 atom stereocenters. The molecule has 0 aliphatic carbocycles. The number of hydrogen-bond acceptors (Lipinski definition) is 0. The van der Waals surface area contributed by atoms with E-state index in [1.165, 1.54) is 76.5 Å². The molecule has 9 aromatic rings. The van der Waals surface area contributed by atoms with E-state index < -0.39 is 0 Å². The van der Waals surface area contributed by atoms with Crippen molar-refractivity contribution in [2.24, 2.45) is 0 Å². The topological polar surface area (TPSA) is 9.86 Å². The summed E-state index contributed by atoms with van der Waals surface area (Å²) in [5.74, 6) is 0. The van der Waals surface area contributed by atoms with Crippen molar-refractivity contribution in [1.82, 2.24) is 9.13 Å². The van der Waals surface area contributed by atoms with E-state index in [0.29, 0.717) is 0 Å². The minimum absolute atomic E-state index is 1.23. The van der Waals surface area contributed by atoms with Gasteiger partial charge in [0.15, 0.2) is 0 Å². The Morgan fingerprint density at radius 3 is 0.675 bits per heavy atom. The second-order valence-electron chi connectivity index (χ2n) is 10.5. The van der Waals surface area contributed by atoms with Crippen molar-refractivity contribution in [2.75, 3.05) is 0 Å². The maximum Gasteiger partial charge on any atom is 0.0620 e. The maximum absolute atomic E-state index is 2.48. The fourth-order valence-corrected chi connectivity index (χ4v) is 6.89. The van der Waals surface area contributed by atoms with Crippen LogP contribution in [0.1, 0.15) is 0 Å². The average Bonchev–Trinajstić information content (AvgIpc) is 3.53. The van der Waals surface area contributed by atoms with Crippen LogP contribution in [0.3, 0.4) is 0 Å². The van der Waals surface area contributed by atoms with E-state index in [0.717, 1.165) is 0 Å². The number of hydrogen-bond donors (Lipinski definition) is 0. The number of aromatic nitrogens is 2. The summed E-state index contributed by atoms with van der Waals surface area (Å²) in [5, 5.41) is 10.1. The second-order valence-corrected chi connectivity index (χ2v) is 10.5. The van der Waals surface area contributed by atoms with Crippen LogP contribution in [0.25, 0.3) is 76.5 Å². The fourth-order valence-electron chi connectivity index (χ4n) is 6.89. The number of nitrogens with zero attached hydrogens (tertiary/aromatic N) is 2. The van der Waals surface area contributed by atoms with E-state index >= 15 is 0 Å². The van der Waals surface area contributed by atoms with Crippen LogP contribution in [0.2, 0.25) is 0 Å². The number of para-hydroxylation sites is 4. The van der Waals surface area contributed by atoms with Crippen molar-refractivity contribution < 1.29 is 0 Å². The molecule has 0 aliphatic rings. The summed E-state index contributed by atoms with van der Waals surface area (Å²) >= 11 is 0. The largest absolute Gasteiger partial charge is 0.308 e. The minimum atomic E-state index is 1.23. The first-order chi connectivity index (χ1) is 19.9. The first-order valence-corrected chi connectivity index (χ1v) is 13.8. The van der Waals surface area contributed by atoms with Gasteiger partial charge in [-0.2, -0.15) is 0 Å². The molecular weight excluding hydrogens is 484 g/mol. The fraction of sp³-hybridized carbons (Fsp3) is 0. The van der Waals surface area contributed by atoms with Gasteiger partial charge in [0.1, 0.15) is 0 Å². The molecule has 40 heavy (non-hydrogen) atoms. The smallest absolute Gasteiger partial charge is 0.0620 e. The van der Waals surface area contributed by atoms with Crippen molar-refractivity contribution in [3.05, 3.63) is 146 Å². The molecule has 9 rings (SSSR count). The van der Waals surface area contributed by atoms with E-state index in [2.05, 4.69) is 155 Å². The Morgan fingerprint density at radius 2 is 0.425 bits per heavy atom. The molecule has 0 spiro atoms. The Labute approximate surface area is 230 Å². The van der Waals surface area contributed by atoms with Gasteiger partial charge < -0.3 is 9.13 Å². The predicted octanol–water partition coefficient (Wildman–Crippen LogP) is 10.2. The van der Waals surface area contributed by atoms with Crippen LogP contribution in [0.15, 0.2) is 146 Å². The van der Waals surface area contributed by atoms with Gasteiger partial charge in [-0.15, -0.1) is 0 Å². The zero-order valence-electron chi connectivity index (χ0n) is 21.8. The molecule has 0 saturated heterocycles. The van der Waals surface area contributed by atoms with Gasteiger partial charge >= 0.3 is 0 Å². The lowest BCUT2D eigenvalue weighted by atomic mass is 9.97. The van der Waals surface area contributed by atoms with Gasteiger partial charge in [-0.1, -0.05) is 121 Å². The molecule has 2 aromatic heterocycles. The first kappa shape index (κ1) is 21.6. The van der Waals surface area contributed by atoms with E-state index in [1.54, 1.807) is 0 Å². The van der Waals surface area contributed by atoms with E-state index in [9.17, 15) is 0 Å². The molecule has 0 fully saturated rings. The van der Waals surface area contributed by atoms with Gasteiger partial charge in [0, 0.05) is 43.1 Å². The summed E-state index contributed by atoms with van der Waals surface area (Å²) in [5.41, 5.74) is 7.36. The van der Waals surface area contributed by atoms with Gasteiger partial charge in [-0.25, -0.2) is 0 Å². The quantitative estimate of drug-likeness (QED) is 0.206. The highest BCUT2D eigenvalue weighted by molar-refractivity contribution is 6.20. The molecule has 186 valence electrons. The zero-order chi connectivity index (χ0) is 26.2. The molecule has 0 saturated carbocycles. The van der Waals surface area contributed by atoms with Crippen LogP contribution in [0.4, 0.5) is 0 Å². The van der Waals surface area contributed by atoms with Crippen molar-refractivity contribution >= 4 is 65.2 Å². The van der Waals surface area contributed by atoms with Gasteiger partial charge in [-0.3, -0.25) is 0 Å². The van der Waals surface area contributed by atoms with Gasteiger partial charge in [0.25, 0.3) is 0 Å². The summed E-state index contributed by atoms with van der Waals surface area (Å²) in [6.07, 6.45) is 0. The summed E-state index contributed by atoms with van der Waals surface area (Å²) < 4.78 is 4.95. The summed E-state index contributed by atoms with van der Waals surface area (Å²) in [6, 6.07) is 53.0. The van der Waals surface area contributed by atoms with Crippen molar-refractivity contribution in [3.63, 3.8) is 0 Å². The number of benzene rings is 7. The standard InChI is InChI=1S/C38H24N2/c1-2-18-30-29(17-1)37(39-33-21-9-5-13-25(33)26-14-6-10-22-34(26)39)31-19-3-4-20-32(31)38(30)40-35-23-11-7-15-27(35)28-16-8-12-24-36(28)40/h1-24H. The van der Waals surface area contributed by atoms with Crippen LogP contribution in [-0.4, -0.2) is 9.13 Å². The zero-order valence-corrected chi connectivity index (χ0v) is 21.8.